The van der Waals surface area contributed by atoms with E-state index in [2.05, 4.69) is 16.2 Å². The summed E-state index contributed by atoms with van der Waals surface area (Å²) < 4.78 is 5.25. The number of aryl methyl sites for hydroxylation is 1. The summed E-state index contributed by atoms with van der Waals surface area (Å²) in [5, 5.41) is 12.5. The molecule has 4 heteroatoms. The van der Waals surface area contributed by atoms with Crippen molar-refractivity contribution in [2.45, 2.75) is 51.4 Å². The van der Waals surface area contributed by atoms with E-state index in [4.69, 9.17) is 9.78 Å². The lowest BCUT2D eigenvalue weighted by Crippen LogP contribution is -2.45. The Labute approximate surface area is 119 Å². The van der Waals surface area contributed by atoms with Crippen LogP contribution in [0.5, 0.6) is 0 Å². The molecule has 0 radical (unpaired) electrons. The first kappa shape index (κ1) is 12.4. The van der Waals surface area contributed by atoms with Crippen LogP contribution >= 0.6 is 0 Å². The minimum absolute atomic E-state index is 0.252. The molecule has 0 aliphatic heterocycles. The van der Waals surface area contributed by atoms with Gasteiger partial charge in [0.15, 0.2) is 5.82 Å². The lowest BCUT2D eigenvalue weighted by atomic mass is 9.51. The van der Waals surface area contributed by atoms with Crippen LogP contribution in [-0.4, -0.2) is 10.1 Å². The maximum absolute atomic E-state index is 8.63. The zero-order valence-corrected chi connectivity index (χ0v) is 11.8. The van der Waals surface area contributed by atoms with Crippen molar-refractivity contribution in [2.75, 3.05) is 0 Å². The van der Waals surface area contributed by atoms with Crippen molar-refractivity contribution in [3.05, 3.63) is 11.7 Å². The minimum atomic E-state index is 0.252. The number of nitriles is 1. The van der Waals surface area contributed by atoms with Crippen molar-refractivity contribution in [1.29, 1.82) is 5.26 Å². The number of aromatic nitrogens is 2. The molecule has 4 aliphatic rings. The molecule has 4 nitrogen and oxygen atoms in total. The van der Waals surface area contributed by atoms with Crippen molar-refractivity contribution in [3.63, 3.8) is 0 Å². The summed E-state index contributed by atoms with van der Waals surface area (Å²) in [7, 11) is 0. The summed E-state index contributed by atoms with van der Waals surface area (Å²) in [6, 6.07) is 2.06. The van der Waals surface area contributed by atoms with E-state index in [1.54, 1.807) is 0 Å². The Hall–Kier alpha value is -1.37. The SMILES string of the molecule is N#CCc1noc(CCC2C3CC4CC(C3)CC2C4)n1. The first-order valence-electron chi connectivity index (χ1n) is 8.00. The second kappa shape index (κ2) is 4.87. The van der Waals surface area contributed by atoms with E-state index in [1.165, 1.54) is 38.5 Å². The summed E-state index contributed by atoms with van der Waals surface area (Å²) in [6.45, 7) is 0. The molecule has 106 valence electrons. The van der Waals surface area contributed by atoms with Crippen molar-refractivity contribution < 1.29 is 4.52 Å². The van der Waals surface area contributed by atoms with Gasteiger partial charge in [0, 0.05) is 6.42 Å². The highest BCUT2D eigenvalue weighted by Gasteiger charge is 2.47. The first-order valence-corrected chi connectivity index (χ1v) is 8.00. The third-order valence-electron chi connectivity index (χ3n) is 5.86. The van der Waals surface area contributed by atoms with Crippen LogP contribution in [0.4, 0.5) is 0 Å². The lowest BCUT2D eigenvalue weighted by Gasteiger charge is -2.54. The predicted molar refractivity (Wildman–Crippen MR) is 72.5 cm³/mol. The van der Waals surface area contributed by atoms with Gasteiger partial charge in [0.1, 0.15) is 0 Å². The van der Waals surface area contributed by atoms with E-state index in [9.17, 15) is 0 Å². The van der Waals surface area contributed by atoms with E-state index >= 15 is 0 Å². The molecular weight excluding hydrogens is 250 g/mol. The van der Waals surface area contributed by atoms with Crippen LogP contribution in [0.25, 0.3) is 0 Å². The molecule has 0 N–H and O–H groups in total. The fourth-order valence-corrected chi connectivity index (χ4v) is 5.33. The fraction of sp³-hybridized carbons (Fsp3) is 0.812. The van der Waals surface area contributed by atoms with Gasteiger partial charge in [-0.2, -0.15) is 10.2 Å². The van der Waals surface area contributed by atoms with Crippen molar-refractivity contribution >= 4 is 0 Å². The van der Waals surface area contributed by atoms with E-state index in [1.807, 2.05) is 0 Å². The normalized spacial score (nSPS) is 38.0. The Morgan fingerprint density at radius 1 is 1.10 bits per heavy atom. The van der Waals surface area contributed by atoms with Crippen LogP contribution in [0.3, 0.4) is 0 Å². The molecule has 0 amide bonds. The van der Waals surface area contributed by atoms with Gasteiger partial charge in [0.25, 0.3) is 0 Å². The number of hydrogen-bond acceptors (Lipinski definition) is 4. The van der Waals surface area contributed by atoms with Gasteiger partial charge in [-0.05, 0) is 68.1 Å². The molecule has 1 aromatic rings. The van der Waals surface area contributed by atoms with Gasteiger partial charge >= 0.3 is 0 Å². The molecule has 4 aliphatic carbocycles. The van der Waals surface area contributed by atoms with Crippen molar-refractivity contribution in [2.24, 2.45) is 29.6 Å². The highest BCUT2D eigenvalue weighted by Crippen LogP contribution is 2.57. The molecule has 4 bridgehead atoms. The Balaban J connectivity index is 1.38. The van der Waals surface area contributed by atoms with Gasteiger partial charge in [-0.3, -0.25) is 0 Å². The number of rotatable bonds is 4. The molecule has 0 unspecified atom stereocenters. The van der Waals surface area contributed by atoms with Gasteiger partial charge in [-0.15, -0.1) is 0 Å². The van der Waals surface area contributed by atoms with Gasteiger partial charge in [0.05, 0.1) is 12.5 Å². The lowest BCUT2D eigenvalue weighted by molar-refractivity contribution is -0.0400. The Morgan fingerprint density at radius 2 is 1.80 bits per heavy atom. The highest BCUT2D eigenvalue weighted by molar-refractivity contribution is 4.99. The van der Waals surface area contributed by atoms with Gasteiger partial charge in [0.2, 0.25) is 5.89 Å². The van der Waals surface area contributed by atoms with E-state index in [0.717, 1.165) is 41.9 Å². The van der Waals surface area contributed by atoms with E-state index in [-0.39, 0.29) is 6.42 Å². The quantitative estimate of drug-likeness (QED) is 0.844. The van der Waals surface area contributed by atoms with Crippen LogP contribution in [0.15, 0.2) is 4.52 Å². The second-order valence-corrected chi connectivity index (χ2v) is 7.07. The van der Waals surface area contributed by atoms with E-state index < -0.39 is 0 Å². The average Bonchev–Trinajstić information content (AvgIpc) is 2.85. The summed E-state index contributed by atoms with van der Waals surface area (Å²) in [6.07, 6.45) is 9.75. The maximum atomic E-state index is 8.63. The van der Waals surface area contributed by atoms with E-state index in [0.29, 0.717) is 5.82 Å². The Bertz CT molecular complexity index is 502. The first-order chi connectivity index (χ1) is 9.81. The van der Waals surface area contributed by atoms with Gasteiger partial charge < -0.3 is 4.52 Å². The maximum Gasteiger partial charge on any atom is 0.226 e. The minimum Gasteiger partial charge on any atom is -0.339 e. The Morgan fingerprint density at radius 3 is 2.45 bits per heavy atom. The van der Waals surface area contributed by atoms with Crippen molar-refractivity contribution in [3.8, 4) is 6.07 Å². The topological polar surface area (TPSA) is 62.7 Å². The fourth-order valence-electron chi connectivity index (χ4n) is 5.33. The molecular formula is C16H21N3O. The van der Waals surface area contributed by atoms with Crippen LogP contribution in [-0.2, 0) is 12.8 Å². The molecule has 5 rings (SSSR count). The average molecular weight is 271 g/mol. The third kappa shape index (κ3) is 2.13. The number of nitrogens with zero attached hydrogens (tertiary/aromatic N) is 3. The molecule has 0 aromatic carbocycles. The molecule has 1 aromatic heterocycles. The van der Waals surface area contributed by atoms with Crippen LogP contribution < -0.4 is 0 Å². The van der Waals surface area contributed by atoms with Crippen molar-refractivity contribution in [1.82, 2.24) is 10.1 Å². The monoisotopic (exact) mass is 271 g/mol. The van der Waals surface area contributed by atoms with Gasteiger partial charge in [-0.25, -0.2) is 0 Å². The zero-order valence-electron chi connectivity index (χ0n) is 11.8. The second-order valence-electron chi connectivity index (χ2n) is 7.07. The molecule has 0 atom stereocenters. The largest absolute Gasteiger partial charge is 0.339 e. The highest BCUT2D eigenvalue weighted by atomic mass is 16.5. The Kier molecular flexibility index (Phi) is 3.02. The summed E-state index contributed by atoms with van der Waals surface area (Å²) >= 11 is 0. The summed E-state index contributed by atoms with van der Waals surface area (Å²) in [4.78, 5) is 4.30. The smallest absolute Gasteiger partial charge is 0.226 e. The standard InChI is InChI=1S/C16H21N3O/c17-4-3-15-18-16(20-19-15)2-1-14-12-6-10-5-11(8-12)9-13(14)7-10/h10-14H,1-3,5-9H2. The summed E-state index contributed by atoms with van der Waals surface area (Å²) in [5.74, 6) is 6.16. The molecule has 0 saturated heterocycles. The zero-order chi connectivity index (χ0) is 13.5. The van der Waals surface area contributed by atoms with Crippen LogP contribution in [0, 0.1) is 40.9 Å². The third-order valence-corrected chi connectivity index (χ3v) is 5.86. The van der Waals surface area contributed by atoms with Crippen LogP contribution in [0.2, 0.25) is 0 Å². The van der Waals surface area contributed by atoms with Crippen LogP contribution in [0.1, 0.15) is 50.2 Å². The predicted octanol–water partition coefficient (Wildman–Crippen LogP) is 3.14. The molecule has 4 fully saturated rings. The molecule has 1 heterocycles. The number of hydrogen-bond donors (Lipinski definition) is 0. The molecule has 20 heavy (non-hydrogen) atoms. The summed E-state index contributed by atoms with van der Waals surface area (Å²) in [5.41, 5.74) is 0. The van der Waals surface area contributed by atoms with Gasteiger partial charge in [-0.1, -0.05) is 5.16 Å². The molecule has 4 saturated carbocycles. The molecule has 0 spiro atoms.